The average molecular weight is 177 g/mol. The molecule has 1 aromatic heterocycles. The van der Waals surface area contributed by atoms with Gasteiger partial charge in [0.2, 0.25) is 0 Å². The van der Waals surface area contributed by atoms with Crippen molar-refractivity contribution in [3.05, 3.63) is 18.3 Å². The van der Waals surface area contributed by atoms with Crippen LogP contribution < -0.4 is 10.5 Å². The van der Waals surface area contributed by atoms with Crippen molar-refractivity contribution in [2.45, 2.75) is 0 Å². The first-order valence-electron chi connectivity index (χ1n) is 3.98. The molecule has 0 aliphatic heterocycles. The molecule has 0 aliphatic carbocycles. The second kappa shape index (κ2) is 2.65. The molecule has 0 spiro atoms. The molecule has 0 unspecified atom stereocenters. The number of methoxy groups -OCH3 is 1. The molecule has 68 valence electrons. The largest absolute Gasteiger partial charge is 0.492 e. The summed E-state index contributed by atoms with van der Waals surface area (Å²) in [5, 5.41) is 5.16. The second-order valence-electron chi connectivity index (χ2n) is 2.89. The molecule has 0 fully saturated rings. The Morgan fingerprint density at radius 2 is 2.23 bits per heavy atom. The summed E-state index contributed by atoms with van der Waals surface area (Å²) in [6.07, 6.45) is 1.79. The van der Waals surface area contributed by atoms with Crippen LogP contribution in [0.1, 0.15) is 0 Å². The fraction of sp³-hybridized carbons (Fsp3) is 0.222. The van der Waals surface area contributed by atoms with E-state index in [4.69, 9.17) is 10.5 Å². The first-order valence-corrected chi connectivity index (χ1v) is 3.98. The van der Waals surface area contributed by atoms with Crippen molar-refractivity contribution in [2.24, 2.45) is 7.05 Å². The van der Waals surface area contributed by atoms with E-state index in [-0.39, 0.29) is 0 Å². The van der Waals surface area contributed by atoms with Gasteiger partial charge in [-0.3, -0.25) is 4.68 Å². The van der Waals surface area contributed by atoms with Crippen molar-refractivity contribution in [1.82, 2.24) is 9.78 Å². The van der Waals surface area contributed by atoms with Gasteiger partial charge in [-0.05, 0) is 12.1 Å². The molecule has 2 N–H and O–H groups in total. The van der Waals surface area contributed by atoms with Crippen molar-refractivity contribution >= 4 is 16.6 Å². The normalized spacial score (nSPS) is 10.6. The van der Waals surface area contributed by atoms with E-state index in [0.717, 1.165) is 10.9 Å². The Hall–Kier alpha value is -1.71. The minimum Gasteiger partial charge on any atom is -0.492 e. The Morgan fingerprint density at radius 3 is 2.92 bits per heavy atom. The van der Waals surface area contributed by atoms with Crippen LogP contribution in [0.5, 0.6) is 5.75 Å². The third-order valence-corrected chi connectivity index (χ3v) is 2.09. The standard InChI is InChI=1S/C9H11N3O/c1-12-8-6(5-11-12)3-4-7(10)9(8)13-2/h3-5H,10H2,1-2H3. The molecule has 13 heavy (non-hydrogen) atoms. The number of hydrogen-bond acceptors (Lipinski definition) is 3. The maximum Gasteiger partial charge on any atom is 0.167 e. The molecular weight excluding hydrogens is 166 g/mol. The topological polar surface area (TPSA) is 53.1 Å². The molecule has 1 aromatic carbocycles. The van der Waals surface area contributed by atoms with Gasteiger partial charge in [0.15, 0.2) is 5.75 Å². The molecule has 0 amide bonds. The van der Waals surface area contributed by atoms with Crippen LogP contribution in [0.4, 0.5) is 5.69 Å². The van der Waals surface area contributed by atoms with Crippen LogP contribution >= 0.6 is 0 Å². The lowest BCUT2D eigenvalue weighted by Gasteiger charge is -2.06. The molecule has 0 atom stereocenters. The Morgan fingerprint density at radius 1 is 1.46 bits per heavy atom. The molecule has 4 heteroatoms. The maximum absolute atomic E-state index is 5.76. The van der Waals surface area contributed by atoms with Gasteiger partial charge >= 0.3 is 0 Å². The third-order valence-electron chi connectivity index (χ3n) is 2.09. The minimum atomic E-state index is 0.638. The first-order chi connectivity index (χ1) is 6.24. The van der Waals surface area contributed by atoms with Gasteiger partial charge in [0.1, 0.15) is 5.52 Å². The van der Waals surface area contributed by atoms with E-state index in [2.05, 4.69) is 5.10 Å². The highest BCUT2D eigenvalue weighted by atomic mass is 16.5. The highest BCUT2D eigenvalue weighted by Gasteiger charge is 2.08. The van der Waals surface area contributed by atoms with E-state index in [1.165, 1.54) is 0 Å². The number of ether oxygens (including phenoxy) is 1. The number of nitrogens with zero attached hydrogens (tertiary/aromatic N) is 2. The Labute approximate surface area is 75.9 Å². The Balaban J connectivity index is 2.88. The van der Waals surface area contributed by atoms with E-state index >= 15 is 0 Å². The van der Waals surface area contributed by atoms with Crippen molar-refractivity contribution in [1.29, 1.82) is 0 Å². The van der Waals surface area contributed by atoms with Gasteiger partial charge in [-0.15, -0.1) is 0 Å². The van der Waals surface area contributed by atoms with Gasteiger partial charge in [0.05, 0.1) is 19.0 Å². The van der Waals surface area contributed by atoms with Crippen LogP contribution in [-0.2, 0) is 7.05 Å². The van der Waals surface area contributed by atoms with E-state index in [9.17, 15) is 0 Å². The number of aryl methyl sites for hydroxylation is 1. The molecular formula is C9H11N3O. The van der Waals surface area contributed by atoms with Crippen molar-refractivity contribution < 1.29 is 4.74 Å². The van der Waals surface area contributed by atoms with Crippen LogP contribution in [0, 0.1) is 0 Å². The third kappa shape index (κ3) is 1.02. The number of rotatable bonds is 1. The van der Waals surface area contributed by atoms with Gasteiger partial charge in [0, 0.05) is 12.4 Å². The number of benzene rings is 1. The zero-order chi connectivity index (χ0) is 9.42. The molecule has 2 aromatic rings. The molecule has 2 rings (SSSR count). The van der Waals surface area contributed by atoms with Crippen LogP contribution in [0.25, 0.3) is 10.9 Å². The summed E-state index contributed by atoms with van der Waals surface area (Å²) in [4.78, 5) is 0. The van der Waals surface area contributed by atoms with E-state index < -0.39 is 0 Å². The first kappa shape index (κ1) is 7.91. The van der Waals surface area contributed by atoms with Crippen LogP contribution in [-0.4, -0.2) is 16.9 Å². The Bertz CT molecular complexity index is 447. The van der Waals surface area contributed by atoms with E-state index in [0.29, 0.717) is 11.4 Å². The lowest BCUT2D eigenvalue weighted by Crippen LogP contribution is -1.96. The van der Waals surface area contributed by atoms with Crippen LogP contribution in [0.2, 0.25) is 0 Å². The van der Waals surface area contributed by atoms with E-state index in [1.807, 2.05) is 19.2 Å². The number of aromatic nitrogens is 2. The summed E-state index contributed by atoms with van der Waals surface area (Å²) in [7, 11) is 3.47. The molecule has 0 aliphatic rings. The predicted molar refractivity (Wildman–Crippen MR) is 51.7 cm³/mol. The van der Waals surface area contributed by atoms with Gasteiger partial charge in [0.25, 0.3) is 0 Å². The molecule has 0 radical (unpaired) electrons. The number of nitrogens with two attached hydrogens (primary N) is 1. The second-order valence-corrected chi connectivity index (χ2v) is 2.89. The predicted octanol–water partition coefficient (Wildman–Crippen LogP) is 1.16. The zero-order valence-corrected chi connectivity index (χ0v) is 7.61. The molecule has 4 nitrogen and oxygen atoms in total. The van der Waals surface area contributed by atoms with Crippen LogP contribution in [0.3, 0.4) is 0 Å². The molecule has 0 saturated carbocycles. The van der Waals surface area contributed by atoms with Crippen molar-refractivity contribution in [3.63, 3.8) is 0 Å². The highest BCUT2D eigenvalue weighted by molar-refractivity contribution is 5.89. The summed E-state index contributed by atoms with van der Waals surface area (Å²) in [6.45, 7) is 0. The SMILES string of the molecule is COc1c(N)ccc2cnn(C)c12. The van der Waals surface area contributed by atoms with Crippen LogP contribution in [0.15, 0.2) is 18.3 Å². The molecule has 0 bridgehead atoms. The lowest BCUT2D eigenvalue weighted by atomic mass is 10.2. The Kier molecular flexibility index (Phi) is 1.62. The summed E-state index contributed by atoms with van der Waals surface area (Å²) in [5.74, 6) is 0.692. The average Bonchev–Trinajstić information content (AvgIpc) is 2.49. The summed E-state index contributed by atoms with van der Waals surface area (Å²) in [5.41, 5.74) is 7.33. The van der Waals surface area contributed by atoms with Crippen molar-refractivity contribution in [3.8, 4) is 5.75 Å². The lowest BCUT2D eigenvalue weighted by molar-refractivity contribution is 0.419. The molecule has 1 heterocycles. The zero-order valence-electron chi connectivity index (χ0n) is 7.61. The van der Waals surface area contributed by atoms with Gasteiger partial charge in [-0.2, -0.15) is 5.10 Å². The number of anilines is 1. The number of fused-ring (bicyclic) bond motifs is 1. The fourth-order valence-corrected chi connectivity index (χ4v) is 1.46. The highest BCUT2D eigenvalue weighted by Crippen LogP contribution is 2.30. The summed E-state index contributed by atoms with van der Waals surface area (Å²) >= 11 is 0. The van der Waals surface area contributed by atoms with Crippen molar-refractivity contribution in [2.75, 3.05) is 12.8 Å². The summed E-state index contributed by atoms with van der Waals surface area (Å²) < 4.78 is 6.97. The minimum absolute atomic E-state index is 0.638. The van der Waals surface area contributed by atoms with Gasteiger partial charge < -0.3 is 10.5 Å². The monoisotopic (exact) mass is 177 g/mol. The maximum atomic E-state index is 5.76. The molecule has 0 saturated heterocycles. The van der Waals surface area contributed by atoms with Gasteiger partial charge in [-0.1, -0.05) is 0 Å². The smallest absolute Gasteiger partial charge is 0.167 e. The quantitative estimate of drug-likeness (QED) is 0.665. The fourth-order valence-electron chi connectivity index (χ4n) is 1.46. The number of hydrogen-bond donors (Lipinski definition) is 1. The van der Waals surface area contributed by atoms with E-state index in [1.54, 1.807) is 18.0 Å². The van der Waals surface area contributed by atoms with Gasteiger partial charge in [-0.25, -0.2) is 0 Å². The number of nitrogen functional groups attached to an aromatic ring is 1. The summed E-state index contributed by atoms with van der Waals surface area (Å²) in [6, 6.07) is 3.75.